The molecule has 180 valence electrons. The first-order chi connectivity index (χ1) is 16.9. The van der Waals surface area contributed by atoms with Crippen LogP contribution in [0.1, 0.15) is 15.2 Å². The first-order valence-corrected chi connectivity index (χ1v) is 12.3. The lowest BCUT2D eigenvalue weighted by atomic mass is 10.1. The number of methoxy groups -OCH3 is 1. The minimum absolute atomic E-state index is 0.146. The number of nitrogens with one attached hydrogen (secondary N) is 1. The summed E-state index contributed by atoms with van der Waals surface area (Å²) in [6.45, 7) is 5.18. The van der Waals surface area contributed by atoms with E-state index in [1.165, 1.54) is 29.5 Å². The molecule has 0 aliphatic carbocycles. The Kier molecular flexibility index (Phi) is 6.44. The SMILES string of the molecule is COc1ccc(N2CCN(c3ncnc4sc(C(=O)Nc5ccc(F)cc5Cl)c(C)c34)CC2)cc1. The number of hydrogen-bond donors (Lipinski definition) is 1. The summed E-state index contributed by atoms with van der Waals surface area (Å²) in [7, 11) is 1.66. The van der Waals surface area contributed by atoms with E-state index in [9.17, 15) is 9.18 Å². The number of nitrogens with zero attached hydrogens (tertiary/aromatic N) is 4. The molecule has 0 radical (unpaired) electrons. The van der Waals surface area contributed by atoms with E-state index >= 15 is 0 Å². The van der Waals surface area contributed by atoms with Crippen LogP contribution < -0.4 is 19.9 Å². The van der Waals surface area contributed by atoms with Crippen LogP contribution in [0, 0.1) is 12.7 Å². The number of aromatic nitrogens is 2. The zero-order valence-electron chi connectivity index (χ0n) is 19.2. The lowest BCUT2D eigenvalue weighted by molar-refractivity contribution is 0.103. The number of ether oxygens (including phenoxy) is 1. The van der Waals surface area contributed by atoms with Crippen molar-refractivity contribution in [2.45, 2.75) is 6.92 Å². The second kappa shape index (κ2) is 9.67. The van der Waals surface area contributed by atoms with Gasteiger partial charge in [0, 0.05) is 31.9 Å². The first-order valence-electron chi connectivity index (χ1n) is 11.1. The van der Waals surface area contributed by atoms with Crippen molar-refractivity contribution in [2.24, 2.45) is 0 Å². The number of hydrogen-bond acceptors (Lipinski definition) is 7. The van der Waals surface area contributed by atoms with E-state index in [1.807, 2.05) is 19.1 Å². The van der Waals surface area contributed by atoms with Crippen LogP contribution >= 0.6 is 22.9 Å². The van der Waals surface area contributed by atoms with Crippen molar-refractivity contribution in [3.8, 4) is 5.75 Å². The molecular formula is C25H23ClFN5O2S. The highest BCUT2D eigenvalue weighted by Gasteiger charge is 2.25. The van der Waals surface area contributed by atoms with Crippen molar-refractivity contribution in [1.29, 1.82) is 0 Å². The summed E-state index contributed by atoms with van der Waals surface area (Å²) in [5.74, 6) is 0.898. The van der Waals surface area contributed by atoms with Gasteiger partial charge in [-0.15, -0.1) is 11.3 Å². The molecule has 1 aliphatic rings. The second-order valence-corrected chi connectivity index (χ2v) is 9.59. The molecule has 35 heavy (non-hydrogen) atoms. The zero-order chi connectivity index (χ0) is 24.5. The molecule has 0 spiro atoms. The van der Waals surface area contributed by atoms with Crippen LogP contribution in [0.3, 0.4) is 0 Å². The van der Waals surface area contributed by atoms with Crippen LogP contribution in [-0.4, -0.2) is 49.2 Å². The third kappa shape index (κ3) is 4.61. The van der Waals surface area contributed by atoms with Gasteiger partial charge in [0.05, 0.1) is 28.1 Å². The second-order valence-electron chi connectivity index (χ2n) is 8.18. The maximum absolute atomic E-state index is 13.4. The van der Waals surface area contributed by atoms with Gasteiger partial charge in [0.2, 0.25) is 0 Å². The fourth-order valence-electron chi connectivity index (χ4n) is 4.25. The summed E-state index contributed by atoms with van der Waals surface area (Å²) in [6.07, 6.45) is 1.54. The van der Waals surface area contributed by atoms with Crippen molar-refractivity contribution in [2.75, 3.05) is 48.4 Å². The minimum Gasteiger partial charge on any atom is -0.497 e. The van der Waals surface area contributed by atoms with Crippen molar-refractivity contribution < 1.29 is 13.9 Å². The number of fused-ring (bicyclic) bond motifs is 1. The number of piperazine rings is 1. The van der Waals surface area contributed by atoms with Gasteiger partial charge in [0.25, 0.3) is 5.91 Å². The molecule has 1 aliphatic heterocycles. The Hall–Kier alpha value is -3.43. The molecule has 7 nitrogen and oxygen atoms in total. The minimum atomic E-state index is -0.460. The van der Waals surface area contributed by atoms with E-state index in [-0.39, 0.29) is 10.9 Å². The Labute approximate surface area is 211 Å². The molecule has 1 saturated heterocycles. The summed E-state index contributed by atoms with van der Waals surface area (Å²) < 4.78 is 18.6. The van der Waals surface area contributed by atoms with Gasteiger partial charge in [0.15, 0.2) is 0 Å². The van der Waals surface area contributed by atoms with E-state index in [0.29, 0.717) is 10.6 Å². The Morgan fingerprint density at radius 1 is 1.09 bits per heavy atom. The highest BCUT2D eigenvalue weighted by Crippen LogP contribution is 2.36. The van der Waals surface area contributed by atoms with Crippen molar-refractivity contribution in [3.05, 3.63) is 70.1 Å². The van der Waals surface area contributed by atoms with Crippen molar-refractivity contribution in [3.63, 3.8) is 0 Å². The Morgan fingerprint density at radius 2 is 1.80 bits per heavy atom. The van der Waals surface area contributed by atoms with Crippen LogP contribution in [-0.2, 0) is 0 Å². The Bertz CT molecular complexity index is 1390. The van der Waals surface area contributed by atoms with E-state index < -0.39 is 5.82 Å². The van der Waals surface area contributed by atoms with Gasteiger partial charge < -0.3 is 19.9 Å². The first kappa shape index (κ1) is 23.3. The molecule has 10 heteroatoms. The smallest absolute Gasteiger partial charge is 0.266 e. The van der Waals surface area contributed by atoms with Gasteiger partial charge >= 0.3 is 0 Å². The number of aryl methyl sites for hydroxylation is 1. The molecule has 2 aromatic carbocycles. The number of amides is 1. The predicted molar refractivity (Wildman–Crippen MR) is 139 cm³/mol. The normalized spacial score (nSPS) is 13.8. The quantitative estimate of drug-likeness (QED) is 0.388. The molecule has 2 aromatic heterocycles. The Balaban J connectivity index is 1.36. The van der Waals surface area contributed by atoms with Gasteiger partial charge in [-0.1, -0.05) is 11.6 Å². The molecule has 0 saturated carbocycles. The predicted octanol–water partition coefficient (Wildman–Crippen LogP) is 5.38. The number of rotatable bonds is 5. The molecule has 4 aromatic rings. The lowest BCUT2D eigenvalue weighted by Crippen LogP contribution is -2.46. The third-order valence-corrected chi connectivity index (χ3v) is 7.62. The molecule has 3 heterocycles. The van der Waals surface area contributed by atoms with Gasteiger partial charge in [-0.3, -0.25) is 4.79 Å². The average molecular weight is 512 g/mol. The number of anilines is 3. The maximum atomic E-state index is 13.4. The van der Waals surface area contributed by atoms with Crippen LogP contribution in [0.4, 0.5) is 21.6 Å². The molecule has 1 fully saturated rings. The van der Waals surface area contributed by atoms with E-state index in [1.54, 1.807) is 13.4 Å². The largest absolute Gasteiger partial charge is 0.497 e. The summed E-state index contributed by atoms with van der Waals surface area (Å²) in [6, 6.07) is 12.0. The van der Waals surface area contributed by atoms with Gasteiger partial charge in [0.1, 0.15) is 28.5 Å². The molecule has 0 unspecified atom stereocenters. The summed E-state index contributed by atoms with van der Waals surface area (Å²) >= 11 is 7.40. The lowest BCUT2D eigenvalue weighted by Gasteiger charge is -2.37. The van der Waals surface area contributed by atoms with E-state index in [4.69, 9.17) is 16.3 Å². The topological polar surface area (TPSA) is 70.6 Å². The standard InChI is InChI=1S/C25H23ClFN5O2S/c1-15-21-23(32-11-9-31(10-12-32)17-4-6-18(34-2)7-5-17)28-14-29-25(21)35-22(15)24(33)30-20-8-3-16(27)13-19(20)26/h3-8,13-14H,9-12H2,1-2H3,(H,30,33). The molecule has 1 amide bonds. The van der Waals surface area contributed by atoms with E-state index in [2.05, 4.69) is 37.2 Å². The highest BCUT2D eigenvalue weighted by molar-refractivity contribution is 7.20. The third-order valence-electron chi connectivity index (χ3n) is 6.11. The number of carbonyl (C=O) groups is 1. The maximum Gasteiger partial charge on any atom is 0.266 e. The summed E-state index contributed by atoms with van der Waals surface area (Å²) in [5, 5.41) is 3.81. The molecule has 5 rings (SSSR count). The molecule has 0 atom stereocenters. The van der Waals surface area contributed by atoms with Crippen LogP contribution in [0.15, 0.2) is 48.8 Å². The fourth-order valence-corrected chi connectivity index (χ4v) is 5.50. The fraction of sp³-hybridized carbons (Fsp3) is 0.240. The number of benzene rings is 2. The van der Waals surface area contributed by atoms with Gasteiger partial charge in [-0.25, -0.2) is 14.4 Å². The summed E-state index contributed by atoms with van der Waals surface area (Å²) in [5.41, 5.74) is 2.33. The number of halogens is 2. The average Bonchev–Trinajstić information content (AvgIpc) is 3.22. The van der Waals surface area contributed by atoms with Gasteiger partial charge in [-0.05, 0) is 55.0 Å². The number of carbonyl (C=O) groups excluding carboxylic acids is 1. The van der Waals surface area contributed by atoms with Gasteiger partial charge in [-0.2, -0.15) is 0 Å². The van der Waals surface area contributed by atoms with Crippen LogP contribution in [0.25, 0.3) is 10.2 Å². The number of thiophene rings is 1. The summed E-state index contributed by atoms with van der Waals surface area (Å²) in [4.78, 5) is 27.9. The molecular weight excluding hydrogens is 489 g/mol. The van der Waals surface area contributed by atoms with Crippen molar-refractivity contribution >= 4 is 56.3 Å². The zero-order valence-corrected chi connectivity index (χ0v) is 20.8. The molecule has 0 bridgehead atoms. The van der Waals surface area contributed by atoms with E-state index in [0.717, 1.165) is 59.2 Å². The van der Waals surface area contributed by atoms with Crippen LogP contribution in [0.5, 0.6) is 5.75 Å². The monoisotopic (exact) mass is 511 g/mol. The van der Waals surface area contributed by atoms with Crippen LogP contribution in [0.2, 0.25) is 5.02 Å². The Morgan fingerprint density at radius 3 is 2.49 bits per heavy atom. The van der Waals surface area contributed by atoms with Crippen molar-refractivity contribution in [1.82, 2.24) is 9.97 Å². The molecule has 1 N–H and O–H groups in total. The highest BCUT2D eigenvalue weighted by atomic mass is 35.5.